The Kier molecular flexibility index (Phi) is 6.86. The van der Waals surface area contributed by atoms with Crippen molar-refractivity contribution in [3.05, 3.63) is 79.7 Å². The fraction of sp³-hybridized carbons (Fsp3) is 0.407. The normalized spacial score (nSPS) is 20.9. The Hall–Kier alpha value is -2.48. The molecule has 2 aliphatic rings. The number of hydrogen-bond donors (Lipinski definition) is 0. The zero-order valence-corrected chi connectivity index (χ0v) is 21.4. The predicted molar refractivity (Wildman–Crippen MR) is 138 cm³/mol. The number of piperazine rings is 1. The molecule has 0 radical (unpaired) electrons. The first-order chi connectivity index (χ1) is 16.5. The van der Waals surface area contributed by atoms with E-state index < -0.39 is 0 Å². The summed E-state index contributed by atoms with van der Waals surface area (Å²) >= 11 is 3.44. The van der Waals surface area contributed by atoms with Crippen LogP contribution < -0.4 is 0 Å². The quantitative estimate of drug-likeness (QED) is 0.530. The molecule has 178 valence electrons. The molecule has 0 spiro atoms. The summed E-state index contributed by atoms with van der Waals surface area (Å²) in [5.74, 6) is 0.315. The van der Waals surface area contributed by atoms with E-state index >= 15 is 0 Å². The standard InChI is InChI=1S/C27H31N3O2S2/c1-19-5-7-21(8-6-19)27-23-10-15-34-24(23)9-11-29(27)18-26(32)28-12-13-30(20(2)17-28)25(31)16-22-4-3-14-33-22/h3-8,10,14-15,20,27H,9,11-13,16-18H2,1-2H3/t20-,27-/m1/s1. The van der Waals surface area contributed by atoms with E-state index in [9.17, 15) is 9.59 Å². The predicted octanol–water partition coefficient (Wildman–Crippen LogP) is 4.37. The first-order valence-corrected chi connectivity index (χ1v) is 13.7. The van der Waals surface area contributed by atoms with Gasteiger partial charge in [-0.2, -0.15) is 0 Å². The fourth-order valence-corrected chi connectivity index (χ4v) is 6.77. The van der Waals surface area contributed by atoms with Crippen molar-refractivity contribution in [2.45, 2.75) is 38.8 Å². The molecule has 4 heterocycles. The van der Waals surface area contributed by atoms with Crippen molar-refractivity contribution in [2.24, 2.45) is 0 Å². The molecular formula is C27H31N3O2S2. The lowest BCUT2D eigenvalue weighted by molar-refractivity contribution is -0.143. The van der Waals surface area contributed by atoms with E-state index in [0.29, 0.717) is 32.6 Å². The maximum atomic E-state index is 13.4. The number of thiophene rings is 2. The number of rotatable bonds is 5. The maximum absolute atomic E-state index is 13.4. The topological polar surface area (TPSA) is 43.9 Å². The third-order valence-corrected chi connectivity index (χ3v) is 8.88. The van der Waals surface area contributed by atoms with Crippen molar-refractivity contribution in [1.29, 1.82) is 0 Å². The number of carbonyl (C=O) groups excluding carboxylic acids is 2. The Morgan fingerprint density at radius 3 is 2.53 bits per heavy atom. The van der Waals surface area contributed by atoms with Crippen molar-refractivity contribution >= 4 is 34.5 Å². The second-order valence-electron chi connectivity index (χ2n) is 9.36. The Bertz CT molecular complexity index is 1140. The lowest BCUT2D eigenvalue weighted by Crippen LogP contribution is -2.57. The van der Waals surface area contributed by atoms with Crippen LogP contribution in [0.4, 0.5) is 0 Å². The van der Waals surface area contributed by atoms with Gasteiger partial charge in [-0.3, -0.25) is 14.5 Å². The van der Waals surface area contributed by atoms with E-state index in [2.05, 4.69) is 54.5 Å². The van der Waals surface area contributed by atoms with Gasteiger partial charge in [-0.05, 0) is 54.3 Å². The largest absolute Gasteiger partial charge is 0.338 e. The molecule has 2 atom stereocenters. The minimum absolute atomic E-state index is 0.0305. The van der Waals surface area contributed by atoms with Gasteiger partial charge in [0.25, 0.3) is 0 Å². The van der Waals surface area contributed by atoms with Crippen LogP contribution in [-0.4, -0.2) is 65.3 Å². The molecule has 1 saturated heterocycles. The summed E-state index contributed by atoms with van der Waals surface area (Å²) < 4.78 is 0. The molecule has 2 amide bonds. The van der Waals surface area contributed by atoms with Crippen LogP contribution in [0.15, 0.2) is 53.2 Å². The van der Waals surface area contributed by atoms with E-state index in [1.54, 1.807) is 11.3 Å². The van der Waals surface area contributed by atoms with Gasteiger partial charge in [0.2, 0.25) is 11.8 Å². The number of carbonyl (C=O) groups is 2. The van der Waals surface area contributed by atoms with Crippen molar-refractivity contribution in [2.75, 3.05) is 32.7 Å². The molecule has 0 bridgehead atoms. The number of amides is 2. The van der Waals surface area contributed by atoms with E-state index in [4.69, 9.17) is 0 Å². The molecule has 1 aromatic carbocycles. The average Bonchev–Trinajstić information content (AvgIpc) is 3.51. The van der Waals surface area contributed by atoms with Gasteiger partial charge in [0.1, 0.15) is 0 Å². The van der Waals surface area contributed by atoms with Gasteiger partial charge in [0, 0.05) is 42.0 Å². The van der Waals surface area contributed by atoms with Crippen LogP contribution >= 0.6 is 22.7 Å². The van der Waals surface area contributed by atoms with Gasteiger partial charge < -0.3 is 9.80 Å². The Morgan fingerprint density at radius 2 is 1.79 bits per heavy atom. The summed E-state index contributed by atoms with van der Waals surface area (Å²) in [6, 6.07) is 15.1. The van der Waals surface area contributed by atoms with E-state index in [0.717, 1.165) is 17.8 Å². The van der Waals surface area contributed by atoms with Crippen molar-refractivity contribution in [1.82, 2.24) is 14.7 Å². The molecular weight excluding hydrogens is 462 g/mol. The molecule has 5 rings (SSSR count). The third-order valence-electron chi connectivity index (χ3n) is 7.00. The molecule has 2 aromatic heterocycles. The lowest BCUT2D eigenvalue weighted by atomic mass is 9.92. The summed E-state index contributed by atoms with van der Waals surface area (Å²) in [4.78, 5) is 35.0. The molecule has 5 nitrogen and oxygen atoms in total. The first-order valence-electron chi connectivity index (χ1n) is 12.0. The van der Waals surface area contributed by atoms with Crippen LogP contribution in [0, 0.1) is 6.92 Å². The van der Waals surface area contributed by atoms with Crippen LogP contribution in [0.1, 0.15) is 39.4 Å². The summed E-state index contributed by atoms with van der Waals surface area (Å²) in [6.45, 7) is 7.25. The first kappa shape index (κ1) is 23.3. The molecule has 7 heteroatoms. The van der Waals surface area contributed by atoms with Gasteiger partial charge in [-0.25, -0.2) is 0 Å². The van der Waals surface area contributed by atoms with Gasteiger partial charge in [-0.15, -0.1) is 22.7 Å². The SMILES string of the molecule is Cc1ccc([C@@H]2c3ccsc3CCN2CC(=O)N2CCN(C(=O)Cc3cccs3)[C@H](C)C2)cc1. The zero-order valence-electron chi connectivity index (χ0n) is 19.8. The molecule has 2 aliphatic heterocycles. The van der Waals surface area contributed by atoms with Crippen LogP contribution in [-0.2, 0) is 22.4 Å². The number of benzene rings is 1. The highest BCUT2D eigenvalue weighted by molar-refractivity contribution is 7.10. The Morgan fingerprint density at radius 1 is 0.971 bits per heavy atom. The molecule has 3 aromatic rings. The minimum Gasteiger partial charge on any atom is -0.338 e. The minimum atomic E-state index is 0.0305. The smallest absolute Gasteiger partial charge is 0.236 e. The van der Waals surface area contributed by atoms with E-state index in [1.165, 1.54) is 21.6 Å². The van der Waals surface area contributed by atoms with Crippen molar-refractivity contribution < 1.29 is 9.59 Å². The third kappa shape index (κ3) is 4.83. The van der Waals surface area contributed by atoms with Gasteiger partial charge in [0.15, 0.2) is 0 Å². The molecule has 1 fully saturated rings. The summed E-state index contributed by atoms with van der Waals surface area (Å²) in [6.07, 6.45) is 1.44. The summed E-state index contributed by atoms with van der Waals surface area (Å²) in [5.41, 5.74) is 3.83. The van der Waals surface area contributed by atoms with E-state index in [1.807, 2.05) is 38.6 Å². The monoisotopic (exact) mass is 493 g/mol. The van der Waals surface area contributed by atoms with Crippen LogP contribution in [0.25, 0.3) is 0 Å². The highest BCUT2D eigenvalue weighted by Gasteiger charge is 2.34. The average molecular weight is 494 g/mol. The van der Waals surface area contributed by atoms with Gasteiger partial charge in [0.05, 0.1) is 19.0 Å². The summed E-state index contributed by atoms with van der Waals surface area (Å²) in [5, 5.41) is 4.18. The molecule has 0 aliphatic carbocycles. The van der Waals surface area contributed by atoms with Crippen LogP contribution in [0.2, 0.25) is 0 Å². The van der Waals surface area contributed by atoms with Gasteiger partial charge in [-0.1, -0.05) is 35.9 Å². The lowest BCUT2D eigenvalue weighted by Gasteiger charge is -2.42. The van der Waals surface area contributed by atoms with E-state index in [-0.39, 0.29) is 23.9 Å². The fourth-order valence-electron chi connectivity index (χ4n) is 5.17. The maximum Gasteiger partial charge on any atom is 0.236 e. The highest BCUT2D eigenvalue weighted by Crippen LogP contribution is 2.37. The second-order valence-corrected chi connectivity index (χ2v) is 11.4. The van der Waals surface area contributed by atoms with Crippen molar-refractivity contribution in [3.8, 4) is 0 Å². The number of fused-ring (bicyclic) bond motifs is 1. The Balaban J connectivity index is 1.25. The number of hydrogen-bond acceptors (Lipinski definition) is 5. The van der Waals surface area contributed by atoms with Crippen molar-refractivity contribution in [3.63, 3.8) is 0 Å². The Labute approximate surface area is 209 Å². The van der Waals surface area contributed by atoms with Gasteiger partial charge >= 0.3 is 0 Å². The molecule has 0 saturated carbocycles. The second kappa shape index (κ2) is 10.0. The summed E-state index contributed by atoms with van der Waals surface area (Å²) in [7, 11) is 0. The van der Waals surface area contributed by atoms with Crippen LogP contribution in [0.5, 0.6) is 0 Å². The molecule has 0 unspecified atom stereocenters. The molecule has 34 heavy (non-hydrogen) atoms. The molecule has 0 N–H and O–H groups in total. The highest BCUT2D eigenvalue weighted by atomic mass is 32.1. The number of nitrogens with zero attached hydrogens (tertiary/aromatic N) is 3. The zero-order chi connectivity index (χ0) is 23.7. The number of aryl methyl sites for hydroxylation is 1. The van der Waals surface area contributed by atoms with Crippen LogP contribution in [0.3, 0.4) is 0 Å².